The molecule has 0 aliphatic carbocycles. The molecule has 31 heavy (non-hydrogen) atoms. The number of hydrogen-bond acceptors (Lipinski definition) is 8. The normalized spacial score (nSPS) is 10.7. The van der Waals surface area contributed by atoms with Crippen molar-refractivity contribution in [2.75, 3.05) is 18.2 Å². The minimum absolute atomic E-state index is 0.129. The third-order valence-corrected chi connectivity index (χ3v) is 6.66. The van der Waals surface area contributed by atoms with E-state index in [0.717, 1.165) is 16.2 Å². The zero-order chi connectivity index (χ0) is 22.4. The highest BCUT2D eigenvalue weighted by Gasteiger charge is 2.23. The average Bonchev–Trinajstić information content (AvgIpc) is 3.29. The summed E-state index contributed by atoms with van der Waals surface area (Å²) in [5.74, 6) is 0.855. The van der Waals surface area contributed by atoms with Crippen LogP contribution < -0.4 is 10.1 Å². The van der Waals surface area contributed by atoms with Crippen molar-refractivity contribution in [1.29, 1.82) is 0 Å². The lowest BCUT2D eigenvalue weighted by Gasteiger charge is -2.07. The molecule has 0 bridgehead atoms. The van der Waals surface area contributed by atoms with E-state index in [4.69, 9.17) is 9.47 Å². The van der Waals surface area contributed by atoms with Gasteiger partial charge in [0.05, 0.1) is 18.4 Å². The highest BCUT2D eigenvalue weighted by molar-refractivity contribution is 7.99. The molecule has 0 saturated heterocycles. The van der Waals surface area contributed by atoms with E-state index < -0.39 is 5.97 Å². The molecule has 0 spiro atoms. The van der Waals surface area contributed by atoms with E-state index in [2.05, 4.69) is 15.5 Å². The number of anilines is 1. The van der Waals surface area contributed by atoms with Crippen LogP contribution in [-0.2, 0) is 29.6 Å². The lowest BCUT2D eigenvalue weighted by Crippen LogP contribution is -2.16. The van der Waals surface area contributed by atoms with E-state index in [1.807, 2.05) is 51.2 Å². The summed E-state index contributed by atoms with van der Waals surface area (Å²) in [6, 6.07) is 9.46. The van der Waals surface area contributed by atoms with E-state index in [1.54, 1.807) is 4.57 Å². The molecule has 0 fully saturated rings. The van der Waals surface area contributed by atoms with E-state index in [1.165, 1.54) is 30.2 Å². The molecule has 2 heterocycles. The minimum Gasteiger partial charge on any atom is -0.486 e. The van der Waals surface area contributed by atoms with Crippen molar-refractivity contribution >= 4 is 40.0 Å². The van der Waals surface area contributed by atoms with Crippen molar-refractivity contribution in [1.82, 2.24) is 14.8 Å². The molecule has 0 aliphatic rings. The summed E-state index contributed by atoms with van der Waals surface area (Å²) in [4.78, 5) is 25.7. The summed E-state index contributed by atoms with van der Waals surface area (Å²) in [7, 11) is 3.17. The Morgan fingerprint density at radius 2 is 1.97 bits per heavy atom. The number of thioether (sulfide) groups is 1. The van der Waals surface area contributed by atoms with Gasteiger partial charge in [0.1, 0.15) is 17.4 Å². The third-order valence-electron chi connectivity index (χ3n) is 4.57. The van der Waals surface area contributed by atoms with E-state index >= 15 is 0 Å². The fourth-order valence-corrected chi connectivity index (χ4v) is 4.84. The molecule has 10 heteroatoms. The highest BCUT2D eigenvalue weighted by atomic mass is 32.2. The molecule has 0 radical (unpaired) electrons. The van der Waals surface area contributed by atoms with Crippen LogP contribution in [0, 0.1) is 6.92 Å². The van der Waals surface area contributed by atoms with Gasteiger partial charge in [-0.2, -0.15) is 0 Å². The van der Waals surface area contributed by atoms with Crippen LogP contribution in [0.5, 0.6) is 5.75 Å². The van der Waals surface area contributed by atoms with E-state index in [-0.39, 0.29) is 18.3 Å². The number of aromatic nitrogens is 3. The number of ether oxygens (including phenoxy) is 2. The lowest BCUT2D eigenvalue weighted by molar-refractivity contribution is -0.113. The number of carbonyl (C=O) groups excluding carboxylic acids is 2. The van der Waals surface area contributed by atoms with Crippen molar-refractivity contribution in [3.05, 3.63) is 52.2 Å². The number of hydrogen-bond donors (Lipinski definition) is 1. The predicted octanol–water partition coefficient (Wildman–Crippen LogP) is 3.84. The Morgan fingerprint density at radius 1 is 1.23 bits per heavy atom. The van der Waals surface area contributed by atoms with Crippen LogP contribution in [0.15, 0.2) is 35.5 Å². The summed E-state index contributed by atoms with van der Waals surface area (Å²) >= 11 is 2.64. The summed E-state index contributed by atoms with van der Waals surface area (Å²) in [6.45, 7) is 4.17. The smallest absolute Gasteiger partial charge is 0.341 e. The third kappa shape index (κ3) is 5.45. The van der Waals surface area contributed by atoms with Crippen LogP contribution in [0.2, 0.25) is 0 Å². The summed E-state index contributed by atoms with van der Waals surface area (Å²) < 4.78 is 12.4. The number of rotatable bonds is 9. The van der Waals surface area contributed by atoms with Crippen molar-refractivity contribution in [3.63, 3.8) is 0 Å². The molecule has 0 unspecified atom stereocenters. The average molecular weight is 461 g/mol. The number of aryl methyl sites for hydroxylation is 1. The number of amides is 1. The standard InChI is InChI=1S/C21H24N4O4S2/c1-5-15-13(2)31-19(18(15)20(27)28-4)22-17(26)12-30-21-24-23-16(25(21)3)11-29-14-9-7-6-8-10-14/h6-10H,5,11-12H2,1-4H3,(H,22,26). The zero-order valence-corrected chi connectivity index (χ0v) is 19.4. The molecule has 3 rings (SSSR count). The van der Waals surface area contributed by atoms with Crippen LogP contribution in [0.1, 0.15) is 33.5 Å². The molecule has 1 N–H and O–H groups in total. The monoisotopic (exact) mass is 460 g/mol. The Kier molecular flexibility index (Phi) is 7.69. The number of carbonyl (C=O) groups is 2. The number of para-hydroxylation sites is 1. The Morgan fingerprint density at radius 3 is 2.65 bits per heavy atom. The van der Waals surface area contributed by atoms with Gasteiger partial charge in [0.25, 0.3) is 0 Å². The van der Waals surface area contributed by atoms with Gasteiger partial charge in [-0.3, -0.25) is 4.79 Å². The van der Waals surface area contributed by atoms with Gasteiger partial charge in [-0.25, -0.2) is 4.79 Å². The second-order valence-electron chi connectivity index (χ2n) is 6.58. The number of methoxy groups -OCH3 is 1. The maximum Gasteiger partial charge on any atom is 0.341 e. The van der Waals surface area contributed by atoms with Crippen molar-refractivity contribution in [2.24, 2.45) is 7.05 Å². The highest BCUT2D eigenvalue weighted by Crippen LogP contribution is 2.34. The fraction of sp³-hybridized carbons (Fsp3) is 0.333. The Hall–Kier alpha value is -2.85. The fourth-order valence-electron chi connectivity index (χ4n) is 2.96. The van der Waals surface area contributed by atoms with Gasteiger partial charge in [0, 0.05) is 11.9 Å². The molecular weight excluding hydrogens is 436 g/mol. The Bertz CT molecular complexity index is 1060. The first kappa shape index (κ1) is 22.8. The summed E-state index contributed by atoms with van der Waals surface area (Å²) in [5.41, 5.74) is 1.33. The molecule has 2 aromatic heterocycles. The summed E-state index contributed by atoms with van der Waals surface area (Å²) in [6.07, 6.45) is 0.685. The van der Waals surface area contributed by atoms with Crippen LogP contribution in [0.25, 0.3) is 0 Å². The molecule has 0 aliphatic heterocycles. The molecule has 8 nitrogen and oxygen atoms in total. The summed E-state index contributed by atoms with van der Waals surface area (Å²) in [5, 5.41) is 12.2. The molecule has 1 aromatic carbocycles. The van der Waals surface area contributed by atoms with Gasteiger partial charge in [-0.1, -0.05) is 36.9 Å². The van der Waals surface area contributed by atoms with E-state index in [0.29, 0.717) is 28.0 Å². The van der Waals surface area contributed by atoms with Gasteiger partial charge in [0.15, 0.2) is 11.0 Å². The minimum atomic E-state index is -0.444. The zero-order valence-electron chi connectivity index (χ0n) is 17.8. The quantitative estimate of drug-likeness (QED) is 0.383. The van der Waals surface area contributed by atoms with Crippen molar-refractivity contribution < 1.29 is 19.1 Å². The second-order valence-corrected chi connectivity index (χ2v) is 8.75. The van der Waals surface area contributed by atoms with Gasteiger partial charge >= 0.3 is 5.97 Å². The second kappa shape index (κ2) is 10.5. The van der Waals surface area contributed by atoms with Crippen LogP contribution in [0.4, 0.5) is 5.00 Å². The Labute approximate surface area is 189 Å². The maximum absolute atomic E-state index is 12.5. The first-order valence-electron chi connectivity index (χ1n) is 9.63. The van der Waals surface area contributed by atoms with Crippen LogP contribution in [0.3, 0.4) is 0 Å². The topological polar surface area (TPSA) is 95.3 Å². The number of esters is 1. The number of nitrogens with zero attached hydrogens (tertiary/aromatic N) is 3. The van der Waals surface area contributed by atoms with Crippen molar-refractivity contribution in [2.45, 2.75) is 32.0 Å². The van der Waals surface area contributed by atoms with Gasteiger partial charge in [-0.15, -0.1) is 21.5 Å². The molecular formula is C21H24N4O4S2. The molecule has 3 aromatic rings. The lowest BCUT2D eigenvalue weighted by atomic mass is 10.1. The maximum atomic E-state index is 12.5. The SMILES string of the molecule is CCc1c(C)sc(NC(=O)CSc2nnc(COc3ccccc3)n2C)c1C(=O)OC. The molecule has 1 amide bonds. The van der Waals surface area contributed by atoms with Gasteiger partial charge in [0.2, 0.25) is 5.91 Å². The number of nitrogens with one attached hydrogen (secondary N) is 1. The largest absolute Gasteiger partial charge is 0.486 e. The predicted molar refractivity (Wildman–Crippen MR) is 121 cm³/mol. The van der Waals surface area contributed by atoms with Gasteiger partial charge < -0.3 is 19.4 Å². The van der Waals surface area contributed by atoms with E-state index in [9.17, 15) is 9.59 Å². The number of thiophene rings is 1. The number of benzene rings is 1. The van der Waals surface area contributed by atoms with Crippen molar-refractivity contribution in [3.8, 4) is 5.75 Å². The molecule has 164 valence electrons. The Balaban J connectivity index is 1.60. The first-order chi connectivity index (χ1) is 14.9. The van der Waals surface area contributed by atoms with Crippen LogP contribution >= 0.6 is 23.1 Å². The first-order valence-corrected chi connectivity index (χ1v) is 11.4. The van der Waals surface area contributed by atoms with Crippen LogP contribution in [-0.4, -0.2) is 39.5 Å². The molecule has 0 saturated carbocycles. The molecule has 0 atom stereocenters. The van der Waals surface area contributed by atoms with Gasteiger partial charge in [-0.05, 0) is 31.0 Å².